The van der Waals surface area contributed by atoms with E-state index in [1.54, 1.807) is 0 Å². The van der Waals surface area contributed by atoms with E-state index in [0.29, 0.717) is 25.2 Å². The van der Waals surface area contributed by atoms with Gasteiger partial charge in [0.15, 0.2) is 0 Å². The Morgan fingerprint density at radius 1 is 1.23 bits per heavy atom. The summed E-state index contributed by atoms with van der Waals surface area (Å²) in [7, 11) is 0. The fraction of sp³-hybridized carbons (Fsp3) is 0.412. The second kappa shape index (κ2) is 7.36. The van der Waals surface area contributed by atoms with E-state index >= 15 is 0 Å². The van der Waals surface area contributed by atoms with Crippen molar-refractivity contribution < 1.29 is 22.3 Å². The van der Waals surface area contributed by atoms with E-state index in [0.717, 1.165) is 31.2 Å². The van der Waals surface area contributed by atoms with E-state index in [4.69, 9.17) is 22.1 Å². The highest BCUT2D eigenvalue weighted by atomic mass is 35.5. The molecule has 9 heteroatoms. The molecule has 0 aromatic carbocycles. The van der Waals surface area contributed by atoms with Crippen LogP contribution in [0.15, 0.2) is 18.3 Å². The highest BCUT2D eigenvalue weighted by molar-refractivity contribution is 6.33. The number of pyridine rings is 2. The summed E-state index contributed by atoms with van der Waals surface area (Å²) >= 11 is 6.08. The Morgan fingerprint density at radius 3 is 2.58 bits per heavy atom. The molecule has 0 atom stereocenters. The van der Waals surface area contributed by atoms with Gasteiger partial charge in [0.05, 0.1) is 16.3 Å². The molecule has 0 bridgehead atoms. The predicted molar refractivity (Wildman–Crippen MR) is 89.1 cm³/mol. The van der Waals surface area contributed by atoms with Gasteiger partial charge in [0.2, 0.25) is 5.95 Å². The van der Waals surface area contributed by atoms with Crippen LogP contribution in [0.2, 0.25) is 5.02 Å². The van der Waals surface area contributed by atoms with Crippen LogP contribution in [-0.4, -0.2) is 23.2 Å². The van der Waals surface area contributed by atoms with Gasteiger partial charge in [-0.3, -0.25) is 0 Å². The van der Waals surface area contributed by atoms with Crippen molar-refractivity contribution in [2.45, 2.75) is 25.4 Å². The van der Waals surface area contributed by atoms with Crippen LogP contribution in [0.1, 0.15) is 24.0 Å². The van der Waals surface area contributed by atoms with Gasteiger partial charge in [0.1, 0.15) is 5.82 Å². The molecule has 1 fully saturated rings. The van der Waals surface area contributed by atoms with E-state index in [9.17, 15) is 17.6 Å². The van der Waals surface area contributed by atoms with Gasteiger partial charge in [0, 0.05) is 31.0 Å². The maximum Gasteiger partial charge on any atom is 0.419 e. The van der Waals surface area contributed by atoms with Crippen molar-refractivity contribution in [2.75, 3.05) is 18.9 Å². The quantitative estimate of drug-likeness (QED) is 0.620. The molecule has 2 aromatic heterocycles. The first-order chi connectivity index (χ1) is 12.3. The average Bonchev–Trinajstić information content (AvgIpc) is 2.58. The van der Waals surface area contributed by atoms with Gasteiger partial charge in [-0.15, -0.1) is 0 Å². The van der Waals surface area contributed by atoms with Crippen LogP contribution >= 0.6 is 11.6 Å². The van der Waals surface area contributed by atoms with Crippen molar-refractivity contribution in [1.29, 1.82) is 0 Å². The summed E-state index contributed by atoms with van der Waals surface area (Å²) in [5.74, 6) is -1.34. The predicted octanol–water partition coefficient (Wildman–Crippen LogP) is 4.51. The standard InChI is InChI=1S/C17H16ClF4N3O/c18-13-8-24-14(19)7-11(13)15-10(5-9-1-3-26-4-2-9)6-12(16(23)25-15)17(20,21)22/h6-9H,1-5H2,(H2,23,25). The molecule has 1 saturated heterocycles. The van der Waals surface area contributed by atoms with Gasteiger partial charge in [-0.05, 0) is 36.8 Å². The first-order valence-electron chi connectivity index (χ1n) is 8.01. The minimum Gasteiger partial charge on any atom is -0.383 e. The Morgan fingerprint density at radius 2 is 1.92 bits per heavy atom. The third-order valence-corrected chi connectivity index (χ3v) is 4.66. The summed E-state index contributed by atoms with van der Waals surface area (Å²) in [6.07, 6.45) is -1.74. The summed E-state index contributed by atoms with van der Waals surface area (Å²) in [6, 6.07) is 2.03. The number of rotatable bonds is 3. The highest BCUT2D eigenvalue weighted by Crippen LogP contribution is 2.38. The molecule has 2 N–H and O–H groups in total. The van der Waals surface area contributed by atoms with E-state index < -0.39 is 23.5 Å². The molecule has 140 valence electrons. The zero-order valence-corrected chi connectivity index (χ0v) is 14.4. The van der Waals surface area contributed by atoms with Crippen molar-refractivity contribution in [3.05, 3.63) is 40.4 Å². The largest absolute Gasteiger partial charge is 0.419 e. The highest BCUT2D eigenvalue weighted by Gasteiger charge is 2.35. The number of nitrogens with two attached hydrogens (primary N) is 1. The summed E-state index contributed by atoms with van der Waals surface area (Å²) in [4.78, 5) is 7.36. The van der Waals surface area contributed by atoms with E-state index in [-0.39, 0.29) is 22.2 Å². The molecule has 4 nitrogen and oxygen atoms in total. The van der Waals surface area contributed by atoms with Crippen molar-refractivity contribution in [2.24, 2.45) is 5.92 Å². The van der Waals surface area contributed by atoms with Crippen LogP contribution < -0.4 is 5.73 Å². The third-order valence-electron chi connectivity index (χ3n) is 4.36. The van der Waals surface area contributed by atoms with Crippen molar-refractivity contribution in [1.82, 2.24) is 9.97 Å². The lowest BCUT2D eigenvalue weighted by Crippen LogP contribution is -2.19. The van der Waals surface area contributed by atoms with Crippen molar-refractivity contribution >= 4 is 17.4 Å². The number of alkyl halides is 3. The first kappa shape index (κ1) is 18.8. The smallest absolute Gasteiger partial charge is 0.383 e. The number of halogens is 5. The lowest BCUT2D eigenvalue weighted by molar-refractivity contribution is -0.137. The molecule has 0 amide bonds. The summed E-state index contributed by atoms with van der Waals surface area (Å²) in [6.45, 7) is 1.11. The Bertz CT molecular complexity index is 807. The number of aromatic nitrogens is 2. The Hall–Kier alpha value is -1.93. The zero-order chi connectivity index (χ0) is 18.9. The van der Waals surface area contributed by atoms with Crippen molar-refractivity contribution in [3.8, 4) is 11.3 Å². The Balaban J connectivity index is 2.12. The molecule has 26 heavy (non-hydrogen) atoms. The molecule has 1 aliphatic rings. The molecule has 2 aromatic rings. The maximum absolute atomic E-state index is 13.6. The molecular formula is C17H16ClF4N3O. The maximum atomic E-state index is 13.6. The molecular weight excluding hydrogens is 374 g/mol. The van der Waals surface area contributed by atoms with Gasteiger partial charge < -0.3 is 10.5 Å². The summed E-state index contributed by atoms with van der Waals surface area (Å²) < 4.78 is 58.6. The Kier molecular flexibility index (Phi) is 5.34. The van der Waals surface area contributed by atoms with Crippen molar-refractivity contribution in [3.63, 3.8) is 0 Å². The number of nitrogens with zero attached hydrogens (tertiary/aromatic N) is 2. The molecule has 1 aliphatic heterocycles. The fourth-order valence-electron chi connectivity index (χ4n) is 3.04. The zero-order valence-electron chi connectivity index (χ0n) is 13.6. The normalized spacial score (nSPS) is 16.0. The summed E-state index contributed by atoms with van der Waals surface area (Å²) in [5.41, 5.74) is 5.17. The molecule has 0 saturated carbocycles. The lowest BCUT2D eigenvalue weighted by Gasteiger charge is -2.24. The first-order valence-corrected chi connectivity index (χ1v) is 8.39. The van der Waals surface area contributed by atoms with Crippen LogP contribution in [0.3, 0.4) is 0 Å². The Labute approximate surface area is 152 Å². The monoisotopic (exact) mass is 389 g/mol. The average molecular weight is 390 g/mol. The lowest BCUT2D eigenvalue weighted by atomic mass is 9.89. The number of anilines is 1. The molecule has 0 unspecified atom stereocenters. The molecule has 3 heterocycles. The number of ether oxygens (including phenoxy) is 1. The van der Waals surface area contributed by atoms with Gasteiger partial charge in [-0.1, -0.05) is 11.6 Å². The minimum atomic E-state index is -4.63. The topological polar surface area (TPSA) is 61.0 Å². The molecule has 0 spiro atoms. The van der Waals surface area contributed by atoms with Gasteiger partial charge >= 0.3 is 6.18 Å². The van der Waals surface area contributed by atoms with Gasteiger partial charge in [-0.2, -0.15) is 17.6 Å². The van der Waals surface area contributed by atoms with Crippen LogP contribution in [0, 0.1) is 11.9 Å². The van der Waals surface area contributed by atoms with E-state index in [1.807, 2.05) is 0 Å². The van der Waals surface area contributed by atoms with E-state index in [2.05, 4.69) is 9.97 Å². The van der Waals surface area contributed by atoms with E-state index in [1.165, 1.54) is 0 Å². The molecule has 0 radical (unpaired) electrons. The molecule has 0 aliphatic carbocycles. The number of nitrogen functional groups attached to an aromatic ring is 1. The van der Waals surface area contributed by atoms with Crippen LogP contribution in [0.25, 0.3) is 11.3 Å². The van der Waals surface area contributed by atoms with Crippen LogP contribution in [0.5, 0.6) is 0 Å². The van der Waals surface area contributed by atoms with Crippen LogP contribution in [0.4, 0.5) is 23.4 Å². The minimum absolute atomic E-state index is 0.0892. The second-order valence-corrected chi connectivity index (χ2v) is 6.58. The van der Waals surface area contributed by atoms with Gasteiger partial charge in [-0.25, -0.2) is 9.97 Å². The number of hydrogen-bond donors (Lipinski definition) is 1. The SMILES string of the molecule is Nc1nc(-c2cc(F)ncc2Cl)c(CC2CCOCC2)cc1C(F)(F)F. The van der Waals surface area contributed by atoms with Gasteiger partial charge in [0.25, 0.3) is 0 Å². The molecule has 3 rings (SSSR count). The third kappa shape index (κ3) is 4.07. The number of hydrogen-bond acceptors (Lipinski definition) is 4. The second-order valence-electron chi connectivity index (χ2n) is 6.17. The fourth-order valence-corrected chi connectivity index (χ4v) is 3.23. The summed E-state index contributed by atoms with van der Waals surface area (Å²) in [5, 5.41) is 0.0892. The van der Waals surface area contributed by atoms with Crippen LogP contribution in [-0.2, 0) is 17.3 Å².